The summed E-state index contributed by atoms with van der Waals surface area (Å²) >= 11 is 6.42. The van der Waals surface area contributed by atoms with Gasteiger partial charge in [-0.15, -0.1) is 0 Å². The molecule has 0 amide bonds. The van der Waals surface area contributed by atoms with E-state index in [-0.39, 0.29) is 0 Å². The summed E-state index contributed by atoms with van der Waals surface area (Å²) in [5, 5.41) is 4.20. The third-order valence-corrected chi connectivity index (χ3v) is 4.89. The highest BCUT2D eigenvalue weighted by Crippen LogP contribution is 2.36. The Morgan fingerprint density at radius 3 is 2.42 bits per heavy atom. The van der Waals surface area contributed by atoms with Crippen molar-refractivity contribution >= 4 is 28.8 Å². The highest BCUT2D eigenvalue weighted by Gasteiger charge is 2.18. The molecular formula is C21H19ClN4. The summed E-state index contributed by atoms with van der Waals surface area (Å²) in [6, 6.07) is 14.3. The monoisotopic (exact) mass is 362 g/mol. The molecule has 0 atom stereocenters. The Bertz CT molecular complexity index is 1090. The summed E-state index contributed by atoms with van der Waals surface area (Å²) in [5.41, 5.74) is 7.10. The van der Waals surface area contributed by atoms with Gasteiger partial charge in [0.15, 0.2) is 0 Å². The van der Waals surface area contributed by atoms with Gasteiger partial charge in [0.2, 0.25) is 0 Å². The molecule has 5 heteroatoms. The average Bonchev–Trinajstić information content (AvgIpc) is 2.98. The zero-order valence-electron chi connectivity index (χ0n) is 14.9. The van der Waals surface area contributed by atoms with Crippen molar-refractivity contribution in [2.75, 3.05) is 5.32 Å². The zero-order valence-corrected chi connectivity index (χ0v) is 15.7. The number of aromatic nitrogens is 3. The molecule has 0 saturated heterocycles. The Kier molecular flexibility index (Phi) is 4.13. The number of halogens is 1. The molecule has 4 aromatic rings. The number of hydrogen-bond acceptors (Lipinski definition) is 3. The highest BCUT2D eigenvalue weighted by molar-refractivity contribution is 6.33. The fourth-order valence-corrected chi connectivity index (χ4v) is 3.46. The number of hydrogen-bond donors (Lipinski definition) is 1. The lowest BCUT2D eigenvalue weighted by Crippen LogP contribution is -2.02. The highest BCUT2D eigenvalue weighted by atomic mass is 35.5. The van der Waals surface area contributed by atoms with Crippen LogP contribution < -0.4 is 5.32 Å². The molecule has 0 unspecified atom stereocenters. The number of imidazole rings is 1. The predicted octanol–water partition coefficient (Wildman–Crippen LogP) is 5.72. The van der Waals surface area contributed by atoms with Crippen LogP contribution >= 0.6 is 11.6 Å². The number of rotatable bonds is 3. The Hall–Kier alpha value is -2.85. The maximum absolute atomic E-state index is 6.42. The Morgan fingerprint density at radius 2 is 1.69 bits per heavy atom. The Balaban J connectivity index is 2.00. The van der Waals surface area contributed by atoms with Gasteiger partial charge in [0.05, 0.1) is 5.02 Å². The molecule has 130 valence electrons. The van der Waals surface area contributed by atoms with E-state index in [9.17, 15) is 0 Å². The molecule has 0 aliphatic carbocycles. The van der Waals surface area contributed by atoms with Gasteiger partial charge in [-0.1, -0.05) is 35.9 Å². The molecule has 0 saturated carbocycles. The van der Waals surface area contributed by atoms with Gasteiger partial charge >= 0.3 is 0 Å². The quantitative estimate of drug-likeness (QED) is 0.507. The van der Waals surface area contributed by atoms with Gasteiger partial charge in [0, 0.05) is 29.3 Å². The van der Waals surface area contributed by atoms with Crippen molar-refractivity contribution < 1.29 is 0 Å². The number of nitrogens with zero attached hydrogens (tertiary/aromatic N) is 3. The topological polar surface area (TPSA) is 42.2 Å². The van der Waals surface area contributed by atoms with Crippen LogP contribution in [0.5, 0.6) is 0 Å². The Labute approximate surface area is 157 Å². The second-order valence-electron chi connectivity index (χ2n) is 6.42. The van der Waals surface area contributed by atoms with Crippen molar-refractivity contribution in [2.24, 2.45) is 0 Å². The largest absolute Gasteiger partial charge is 0.339 e. The minimum absolute atomic E-state index is 0.582. The summed E-state index contributed by atoms with van der Waals surface area (Å²) in [6.45, 7) is 6.28. The summed E-state index contributed by atoms with van der Waals surface area (Å²) in [4.78, 5) is 8.95. The van der Waals surface area contributed by atoms with E-state index in [0.29, 0.717) is 5.02 Å². The van der Waals surface area contributed by atoms with E-state index < -0.39 is 0 Å². The summed E-state index contributed by atoms with van der Waals surface area (Å²) in [6.07, 6.45) is 3.39. The van der Waals surface area contributed by atoms with E-state index in [1.54, 1.807) is 12.4 Å². The molecule has 26 heavy (non-hydrogen) atoms. The number of aryl methyl sites for hydroxylation is 3. The van der Waals surface area contributed by atoms with Crippen LogP contribution in [0.4, 0.5) is 11.5 Å². The smallest absolute Gasteiger partial charge is 0.143 e. The van der Waals surface area contributed by atoms with Crippen molar-refractivity contribution in [3.63, 3.8) is 0 Å². The van der Waals surface area contributed by atoms with Crippen LogP contribution in [0.25, 0.3) is 16.9 Å². The molecule has 0 bridgehead atoms. The van der Waals surface area contributed by atoms with Gasteiger partial charge in [-0.25, -0.2) is 4.98 Å². The molecule has 0 aliphatic rings. The first-order valence-corrected chi connectivity index (χ1v) is 8.85. The molecular weight excluding hydrogens is 344 g/mol. The lowest BCUT2D eigenvalue weighted by molar-refractivity contribution is 1.09. The third kappa shape index (κ3) is 2.72. The maximum Gasteiger partial charge on any atom is 0.143 e. The minimum Gasteiger partial charge on any atom is -0.339 e. The lowest BCUT2D eigenvalue weighted by atomic mass is 10.1. The van der Waals surface area contributed by atoms with E-state index in [2.05, 4.69) is 59.7 Å². The Morgan fingerprint density at radius 1 is 0.962 bits per heavy atom. The van der Waals surface area contributed by atoms with Gasteiger partial charge in [0.1, 0.15) is 17.2 Å². The van der Waals surface area contributed by atoms with Gasteiger partial charge in [-0.05, 0) is 50.1 Å². The van der Waals surface area contributed by atoms with Gasteiger partial charge in [-0.2, -0.15) is 0 Å². The van der Waals surface area contributed by atoms with Gasteiger partial charge in [0.25, 0.3) is 0 Å². The molecule has 4 rings (SSSR count). The third-order valence-electron chi connectivity index (χ3n) is 4.59. The van der Waals surface area contributed by atoms with Crippen LogP contribution in [0.2, 0.25) is 5.02 Å². The molecule has 0 radical (unpaired) electrons. The van der Waals surface area contributed by atoms with Crippen LogP contribution in [-0.2, 0) is 0 Å². The maximum atomic E-state index is 6.42. The second kappa shape index (κ2) is 6.46. The fourth-order valence-electron chi connectivity index (χ4n) is 3.25. The zero-order chi connectivity index (χ0) is 18.3. The van der Waals surface area contributed by atoms with Crippen LogP contribution in [-0.4, -0.2) is 14.4 Å². The summed E-state index contributed by atoms with van der Waals surface area (Å²) in [7, 11) is 0. The predicted molar refractivity (Wildman–Crippen MR) is 107 cm³/mol. The van der Waals surface area contributed by atoms with E-state index in [1.807, 2.05) is 18.2 Å². The summed E-state index contributed by atoms with van der Waals surface area (Å²) in [5.74, 6) is 0.906. The molecule has 3 aromatic heterocycles. The molecule has 4 nitrogen and oxygen atoms in total. The standard InChI is InChI=1S/C21H19ClN4/c1-13-6-4-7-14(2)19(13)25-21-20(16-10-11-23-12-17(16)22)24-18-9-5-8-15(3)26(18)21/h4-12,25H,1-3H3. The first-order valence-electron chi connectivity index (χ1n) is 8.47. The van der Waals surface area contributed by atoms with Crippen molar-refractivity contribution in [1.29, 1.82) is 0 Å². The first-order chi connectivity index (χ1) is 12.6. The van der Waals surface area contributed by atoms with Gasteiger partial charge in [-0.3, -0.25) is 9.38 Å². The molecule has 0 fully saturated rings. The number of fused-ring (bicyclic) bond motifs is 1. The first kappa shape index (κ1) is 16.6. The van der Waals surface area contributed by atoms with Crippen LogP contribution in [0, 0.1) is 20.8 Å². The number of nitrogens with one attached hydrogen (secondary N) is 1. The van der Waals surface area contributed by atoms with Crippen molar-refractivity contribution in [3.8, 4) is 11.3 Å². The van der Waals surface area contributed by atoms with E-state index in [0.717, 1.165) is 34.1 Å². The number of para-hydroxylation sites is 1. The van der Waals surface area contributed by atoms with Crippen molar-refractivity contribution in [1.82, 2.24) is 14.4 Å². The summed E-state index contributed by atoms with van der Waals surface area (Å²) < 4.78 is 2.12. The fraction of sp³-hybridized carbons (Fsp3) is 0.143. The molecule has 1 aromatic carbocycles. The number of pyridine rings is 2. The van der Waals surface area contributed by atoms with Crippen molar-refractivity contribution in [2.45, 2.75) is 20.8 Å². The number of benzene rings is 1. The van der Waals surface area contributed by atoms with E-state index >= 15 is 0 Å². The van der Waals surface area contributed by atoms with Gasteiger partial charge < -0.3 is 5.32 Å². The second-order valence-corrected chi connectivity index (χ2v) is 6.82. The van der Waals surface area contributed by atoms with Crippen LogP contribution in [0.3, 0.4) is 0 Å². The van der Waals surface area contributed by atoms with Crippen LogP contribution in [0.1, 0.15) is 16.8 Å². The van der Waals surface area contributed by atoms with E-state index in [4.69, 9.17) is 16.6 Å². The average molecular weight is 363 g/mol. The van der Waals surface area contributed by atoms with Crippen LogP contribution in [0.15, 0.2) is 54.9 Å². The van der Waals surface area contributed by atoms with Crippen molar-refractivity contribution in [3.05, 3.63) is 76.7 Å². The normalized spacial score (nSPS) is 11.1. The molecule has 0 aliphatic heterocycles. The molecule has 3 heterocycles. The minimum atomic E-state index is 0.582. The molecule has 0 spiro atoms. The molecule has 1 N–H and O–H groups in total. The number of anilines is 2. The SMILES string of the molecule is Cc1cccc(C)c1Nc1c(-c2ccncc2Cl)nc2cccc(C)n12. The van der Waals surface area contributed by atoms with E-state index in [1.165, 1.54) is 11.1 Å². The lowest BCUT2D eigenvalue weighted by Gasteiger charge is -2.15.